The minimum atomic E-state index is -4.59. The molecule has 8 heteroatoms. The van der Waals surface area contributed by atoms with Crippen LogP contribution in [0.25, 0.3) is 11.3 Å². The molecule has 1 aromatic carbocycles. The van der Waals surface area contributed by atoms with Crippen molar-refractivity contribution in [2.45, 2.75) is 6.18 Å². The summed E-state index contributed by atoms with van der Waals surface area (Å²) in [6.45, 7) is -0.110. The van der Waals surface area contributed by atoms with Crippen molar-refractivity contribution in [3.63, 3.8) is 0 Å². The van der Waals surface area contributed by atoms with Crippen molar-refractivity contribution in [3.8, 4) is 29.4 Å². The largest absolute Gasteiger partial charge is 0.479 e. The summed E-state index contributed by atoms with van der Waals surface area (Å²) in [5.41, 5.74) is -1.35. The summed E-state index contributed by atoms with van der Waals surface area (Å²) in [5, 5.41) is 3.64. The Morgan fingerprint density at radius 3 is 2.59 bits per heavy atom. The van der Waals surface area contributed by atoms with Gasteiger partial charge in [-0.05, 0) is 18.2 Å². The Morgan fingerprint density at radius 2 is 2.05 bits per heavy atom. The third-order valence-electron chi connectivity index (χ3n) is 2.78. The lowest BCUT2D eigenvalue weighted by atomic mass is 10.1. The zero-order valence-electron chi connectivity index (χ0n) is 11.2. The fraction of sp³-hybridized carbons (Fsp3) is 0.214. The van der Waals surface area contributed by atoms with Crippen LogP contribution in [0.4, 0.5) is 17.6 Å². The average molecular weight is 333 g/mol. The van der Waals surface area contributed by atoms with Crippen LogP contribution < -0.4 is 4.74 Å². The summed E-state index contributed by atoms with van der Waals surface area (Å²) in [4.78, 5) is 0. The Morgan fingerprint density at radius 1 is 1.36 bits per heavy atom. The standard InChI is InChI=1S/C14H9ClF4N2O/c1-3-4-22-12-5-8(10(16)6-9(12)15)11-7-13(14(17,18)19)21(2)20-11/h1,5-7H,4H2,2H3. The van der Waals surface area contributed by atoms with Gasteiger partial charge in [0.1, 0.15) is 23.9 Å². The number of halogens is 5. The third kappa shape index (κ3) is 3.17. The molecule has 0 saturated carbocycles. The zero-order valence-corrected chi connectivity index (χ0v) is 12.0. The van der Waals surface area contributed by atoms with Crippen LogP contribution in [0, 0.1) is 18.2 Å². The zero-order chi connectivity index (χ0) is 16.5. The highest BCUT2D eigenvalue weighted by molar-refractivity contribution is 6.32. The molecule has 0 atom stereocenters. The highest BCUT2D eigenvalue weighted by atomic mass is 35.5. The van der Waals surface area contributed by atoms with E-state index >= 15 is 0 Å². The van der Waals surface area contributed by atoms with Crippen LogP contribution in [0.15, 0.2) is 18.2 Å². The van der Waals surface area contributed by atoms with Gasteiger partial charge in [0.05, 0.1) is 10.7 Å². The van der Waals surface area contributed by atoms with E-state index in [1.807, 2.05) is 0 Å². The molecule has 116 valence electrons. The number of ether oxygens (including phenoxy) is 1. The quantitative estimate of drug-likeness (QED) is 0.629. The maximum atomic E-state index is 14.0. The molecule has 0 unspecified atom stereocenters. The number of aryl methyl sites for hydroxylation is 1. The van der Waals surface area contributed by atoms with Gasteiger partial charge in [-0.1, -0.05) is 17.5 Å². The van der Waals surface area contributed by atoms with E-state index in [2.05, 4.69) is 11.0 Å². The van der Waals surface area contributed by atoms with Crippen LogP contribution in [0.1, 0.15) is 5.69 Å². The normalized spacial score (nSPS) is 11.3. The predicted molar refractivity (Wildman–Crippen MR) is 72.9 cm³/mol. The van der Waals surface area contributed by atoms with Crippen LogP contribution in [0.5, 0.6) is 5.75 Å². The van der Waals surface area contributed by atoms with E-state index in [1.54, 1.807) is 0 Å². The molecule has 0 radical (unpaired) electrons. The summed E-state index contributed by atoms with van der Waals surface area (Å²) >= 11 is 5.79. The van der Waals surface area contributed by atoms with Gasteiger partial charge in [0.15, 0.2) is 0 Å². The first-order valence-corrected chi connectivity index (χ1v) is 6.28. The molecule has 0 aliphatic rings. The molecule has 0 N–H and O–H groups in total. The number of aromatic nitrogens is 2. The molecule has 22 heavy (non-hydrogen) atoms. The monoisotopic (exact) mass is 332 g/mol. The number of hydrogen-bond acceptors (Lipinski definition) is 2. The molecule has 2 rings (SSSR count). The van der Waals surface area contributed by atoms with E-state index in [4.69, 9.17) is 22.8 Å². The van der Waals surface area contributed by atoms with Crippen molar-refractivity contribution in [1.29, 1.82) is 0 Å². The third-order valence-corrected chi connectivity index (χ3v) is 3.07. The number of nitrogens with zero attached hydrogens (tertiary/aromatic N) is 2. The smallest absolute Gasteiger partial charge is 0.433 e. The highest BCUT2D eigenvalue weighted by Gasteiger charge is 2.35. The molecule has 0 fully saturated rings. The van der Waals surface area contributed by atoms with Gasteiger partial charge in [-0.2, -0.15) is 18.3 Å². The lowest BCUT2D eigenvalue weighted by Crippen LogP contribution is -2.11. The van der Waals surface area contributed by atoms with E-state index in [9.17, 15) is 17.6 Å². The lowest BCUT2D eigenvalue weighted by Gasteiger charge is -2.07. The summed E-state index contributed by atoms with van der Waals surface area (Å²) in [6, 6.07) is 2.85. The van der Waals surface area contributed by atoms with Crippen molar-refractivity contribution >= 4 is 11.6 Å². The molecule has 1 heterocycles. The summed E-state index contributed by atoms with van der Waals surface area (Å²) in [5.74, 6) is 1.46. The van der Waals surface area contributed by atoms with Gasteiger partial charge < -0.3 is 4.74 Å². The minimum Gasteiger partial charge on any atom is -0.479 e. The second-order valence-corrected chi connectivity index (χ2v) is 4.70. The molecule has 0 aliphatic heterocycles. The van der Waals surface area contributed by atoms with Crippen LogP contribution in [-0.4, -0.2) is 16.4 Å². The second kappa shape index (κ2) is 5.89. The molecular formula is C14H9ClF4N2O. The maximum absolute atomic E-state index is 14.0. The molecular weight excluding hydrogens is 324 g/mol. The molecule has 0 saturated heterocycles. The average Bonchev–Trinajstić information content (AvgIpc) is 2.79. The topological polar surface area (TPSA) is 27.1 Å². The number of alkyl halides is 3. The van der Waals surface area contributed by atoms with Crippen molar-refractivity contribution in [2.75, 3.05) is 6.61 Å². The second-order valence-electron chi connectivity index (χ2n) is 4.29. The molecule has 0 amide bonds. The van der Waals surface area contributed by atoms with Gasteiger partial charge in [-0.25, -0.2) is 4.39 Å². The number of benzene rings is 1. The fourth-order valence-electron chi connectivity index (χ4n) is 1.82. The van der Waals surface area contributed by atoms with E-state index in [-0.39, 0.29) is 28.6 Å². The summed E-state index contributed by atoms with van der Waals surface area (Å²) in [7, 11) is 1.12. The number of terminal acetylenes is 1. The van der Waals surface area contributed by atoms with Gasteiger partial charge in [0, 0.05) is 12.6 Å². The molecule has 2 aromatic rings. The summed E-state index contributed by atoms with van der Waals surface area (Å²) in [6.07, 6.45) is 0.452. The first-order chi connectivity index (χ1) is 10.2. The van der Waals surface area contributed by atoms with E-state index in [0.29, 0.717) is 4.68 Å². The molecule has 3 nitrogen and oxygen atoms in total. The van der Waals surface area contributed by atoms with Gasteiger partial charge in [-0.15, -0.1) is 6.42 Å². The maximum Gasteiger partial charge on any atom is 0.433 e. The van der Waals surface area contributed by atoms with E-state index < -0.39 is 17.7 Å². The first-order valence-electron chi connectivity index (χ1n) is 5.91. The van der Waals surface area contributed by atoms with Crippen molar-refractivity contribution in [2.24, 2.45) is 7.05 Å². The van der Waals surface area contributed by atoms with Crippen LogP contribution >= 0.6 is 11.6 Å². The molecule has 0 aliphatic carbocycles. The Hall–Kier alpha value is -2.20. The number of hydrogen-bond donors (Lipinski definition) is 0. The van der Waals surface area contributed by atoms with E-state index in [0.717, 1.165) is 25.2 Å². The van der Waals surface area contributed by atoms with Gasteiger partial charge in [-0.3, -0.25) is 4.68 Å². The van der Waals surface area contributed by atoms with Gasteiger partial charge in [0.2, 0.25) is 0 Å². The van der Waals surface area contributed by atoms with Crippen molar-refractivity contribution in [1.82, 2.24) is 9.78 Å². The minimum absolute atomic E-state index is 0.0384. The molecule has 1 aromatic heterocycles. The van der Waals surface area contributed by atoms with Crippen LogP contribution in [0.2, 0.25) is 5.02 Å². The highest BCUT2D eigenvalue weighted by Crippen LogP contribution is 2.36. The van der Waals surface area contributed by atoms with Gasteiger partial charge >= 0.3 is 6.18 Å². The van der Waals surface area contributed by atoms with Crippen LogP contribution in [-0.2, 0) is 13.2 Å². The Bertz CT molecular complexity index is 747. The Balaban J connectivity index is 2.51. The summed E-state index contributed by atoms with van der Waals surface area (Å²) < 4.78 is 58.0. The predicted octanol–water partition coefficient (Wildman–Crippen LogP) is 3.91. The SMILES string of the molecule is C#CCOc1cc(-c2cc(C(F)(F)F)n(C)n2)c(F)cc1Cl. The Kier molecular flexibility index (Phi) is 4.33. The molecule has 0 spiro atoms. The fourth-order valence-corrected chi connectivity index (χ4v) is 2.02. The first kappa shape index (κ1) is 16.2. The van der Waals surface area contributed by atoms with Crippen molar-refractivity contribution < 1.29 is 22.3 Å². The molecule has 0 bridgehead atoms. The van der Waals surface area contributed by atoms with E-state index in [1.165, 1.54) is 0 Å². The Labute approximate surface area is 128 Å². The van der Waals surface area contributed by atoms with Gasteiger partial charge in [0.25, 0.3) is 0 Å². The van der Waals surface area contributed by atoms with Crippen LogP contribution in [0.3, 0.4) is 0 Å². The lowest BCUT2D eigenvalue weighted by molar-refractivity contribution is -0.143. The van der Waals surface area contributed by atoms with Crippen molar-refractivity contribution in [3.05, 3.63) is 34.7 Å². The number of rotatable bonds is 3.